The van der Waals surface area contributed by atoms with Gasteiger partial charge in [-0.05, 0) is 12.1 Å². The third-order valence-corrected chi connectivity index (χ3v) is 3.07. The Balaban J connectivity index is 3.07. The molecule has 2 amide bonds. The Bertz CT molecular complexity index is 470. The highest BCUT2D eigenvalue weighted by Crippen LogP contribution is 2.16. The molecule has 0 saturated carbocycles. The Morgan fingerprint density at radius 3 is 2.47 bits per heavy atom. The molecule has 4 N–H and O–H groups in total. The first kappa shape index (κ1) is 11.3. The molecular weight excluding hydrogens is 218 g/mol. The number of para-hydroxylation sites is 1. The summed E-state index contributed by atoms with van der Waals surface area (Å²) < 4.78 is 24.9. The quantitative estimate of drug-likeness (QED) is 0.615. The average Bonchev–Trinajstić information content (AvgIpc) is 2.17. The largest absolute Gasteiger partial charge is 0.398 e. The van der Waals surface area contributed by atoms with Crippen LogP contribution < -0.4 is 15.8 Å². The standard InChI is InChI=1S/C8H11N3O3S/c1-10-8(12)11-15(13,14)7-5-3-2-4-6(7)9/h2-5H,9H2,1H3,(H2,10,11,12). The van der Waals surface area contributed by atoms with Crippen LogP contribution >= 0.6 is 0 Å². The molecule has 0 aromatic heterocycles. The molecule has 15 heavy (non-hydrogen) atoms. The van der Waals surface area contributed by atoms with Crippen molar-refractivity contribution in [3.8, 4) is 0 Å². The van der Waals surface area contributed by atoms with E-state index in [1.54, 1.807) is 10.8 Å². The van der Waals surface area contributed by atoms with Crippen molar-refractivity contribution >= 4 is 21.7 Å². The van der Waals surface area contributed by atoms with Gasteiger partial charge in [-0.25, -0.2) is 17.9 Å². The molecule has 82 valence electrons. The van der Waals surface area contributed by atoms with Gasteiger partial charge < -0.3 is 11.1 Å². The molecule has 0 bridgehead atoms. The number of carbonyl (C=O) groups excluding carboxylic acids is 1. The van der Waals surface area contributed by atoms with Crippen LogP contribution in [0.25, 0.3) is 0 Å². The molecule has 0 saturated heterocycles. The number of benzene rings is 1. The van der Waals surface area contributed by atoms with E-state index in [4.69, 9.17) is 5.73 Å². The highest BCUT2D eigenvalue weighted by molar-refractivity contribution is 7.90. The van der Waals surface area contributed by atoms with Gasteiger partial charge in [0.1, 0.15) is 4.90 Å². The minimum absolute atomic E-state index is 0.0916. The Morgan fingerprint density at radius 2 is 1.93 bits per heavy atom. The van der Waals surface area contributed by atoms with E-state index in [0.717, 1.165) is 0 Å². The third-order valence-electron chi connectivity index (χ3n) is 1.66. The van der Waals surface area contributed by atoms with E-state index in [1.807, 2.05) is 0 Å². The van der Waals surface area contributed by atoms with E-state index in [2.05, 4.69) is 5.32 Å². The zero-order valence-electron chi connectivity index (χ0n) is 8.02. The molecule has 0 heterocycles. The minimum atomic E-state index is -3.89. The second kappa shape index (κ2) is 4.18. The number of nitrogen functional groups attached to an aromatic ring is 1. The topological polar surface area (TPSA) is 101 Å². The Kier molecular flexibility index (Phi) is 3.15. The summed E-state index contributed by atoms with van der Waals surface area (Å²) in [6, 6.07) is 5.08. The monoisotopic (exact) mass is 229 g/mol. The number of anilines is 1. The summed E-state index contributed by atoms with van der Waals surface area (Å²) >= 11 is 0. The number of rotatable bonds is 2. The van der Waals surface area contributed by atoms with Gasteiger partial charge in [-0.3, -0.25) is 0 Å². The van der Waals surface area contributed by atoms with Crippen molar-refractivity contribution in [2.24, 2.45) is 0 Å². The van der Waals surface area contributed by atoms with Crippen molar-refractivity contribution in [3.63, 3.8) is 0 Å². The highest BCUT2D eigenvalue weighted by atomic mass is 32.2. The first-order chi connectivity index (χ1) is 6.97. The van der Waals surface area contributed by atoms with Crippen LogP contribution in [0.4, 0.5) is 10.5 Å². The van der Waals surface area contributed by atoms with Crippen LogP contribution in [0.2, 0.25) is 0 Å². The summed E-state index contributed by atoms with van der Waals surface area (Å²) in [5.74, 6) is 0. The van der Waals surface area contributed by atoms with Gasteiger partial charge in [0.25, 0.3) is 10.0 Å². The number of urea groups is 1. The van der Waals surface area contributed by atoms with Crippen molar-refractivity contribution in [1.82, 2.24) is 10.0 Å². The molecular formula is C8H11N3O3S. The number of hydrogen-bond acceptors (Lipinski definition) is 4. The number of nitrogens with two attached hydrogens (primary N) is 1. The maximum absolute atomic E-state index is 11.6. The molecule has 1 rings (SSSR count). The average molecular weight is 229 g/mol. The molecule has 0 aliphatic carbocycles. The summed E-state index contributed by atoms with van der Waals surface area (Å²) in [4.78, 5) is 10.8. The number of amides is 2. The Morgan fingerprint density at radius 1 is 1.33 bits per heavy atom. The van der Waals surface area contributed by atoms with Gasteiger partial charge in [-0.1, -0.05) is 12.1 Å². The SMILES string of the molecule is CNC(=O)NS(=O)(=O)c1ccccc1N. The van der Waals surface area contributed by atoms with Crippen LogP contribution in [0.1, 0.15) is 0 Å². The predicted molar refractivity (Wildman–Crippen MR) is 55.6 cm³/mol. The molecule has 0 aliphatic rings. The van der Waals surface area contributed by atoms with Gasteiger partial charge in [0.2, 0.25) is 0 Å². The molecule has 7 heteroatoms. The van der Waals surface area contributed by atoms with Crippen LogP contribution in [-0.4, -0.2) is 21.5 Å². The summed E-state index contributed by atoms with van der Waals surface area (Å²) in [7, 11) is -2.57. The van der Waals surface area contributed by atoms with Gasteiger partial charge in [-0.2, -0.15) is 0 Å². The summed E-state index contributed by atoms with van der Waals surface area (Å²) in [5.41, 5.74) is 5.56. The fraction of sp³-hybridized carbons (Fsp3) is 0.125. The van der Waals surface area contributed by atoms with E-state index in [0.29, 0.717) is 0 Å². The van der Waals surface area contributed by atoms with Crippen molar-refractivity contribution in [3.05, 3.63) is 24.3 Å². The number of nitrogens with one attached hydrogen (secondary N) is 2. The van der Waals surface area contributed by atoms with E-state index in [1.165, 1.54) is 25.2 Å². The van der Waals surface area contributed by atoms with E-state index >= 15 is 0 Å². The second-order valence-corrected chi connectivity index (χ2v) is 4.37. The van der Waals surface area contributed by atoms with E-state index < -0.39 is 16.1 Å². The summed E-state index contributed by atoms with van der Waals surface area (Å²) in [6.07, 6.45) is 0. The van der Waals surface area contributed by atoms with Gasteiger partial charge >= 0.3 is 6.03 Å². The predicted octanol–water partition coefficient (Wildman–Crippen LogP) is -0.114. The lowest BCUT2D eigenvalue weighted by molar-refractivity contribution is 0.248. The van der Waals surface area contributed by atoms with Gasteiger partial charge in [0, 0.05) is 7.05 Å². The molecule has 6 nitrogen and oxygen atoms in total. The Labute approximate surface area is 87.5 Å². The fourth-order valence-electron chi connectivity index (χ4n) is 0.953. The first-order valence-electron chi connectivity index (χ1n) is 4.06. The summed E-state index contributed by atoms with van der Waals surface area (Å²) in [5, 5.41) is 2.14. The van der Waals surface area contributed by atoms with Crippen LogP contribution in [0.5, 0.6) is 0 Å². The molecule has 1 aromatic rings. The Hall–Kier alpha value is -1.76. The first-order valence-corrected chi connectivity index (χ1v) is 5.54. The fourth-order valence-corrected chi connectivity index (χ4v) is 2.05. The molecule has 0 spiro atoms. The van der Waals surface area contributed by atoms with Gasteiger partial charge in [0.05, 0.1) is 5.69 Å². The van der Waals surface area contributed by atoms with Crippen LogP contribution in [0.15, 0.2) is 29.2 Å². The molecule has 0 unspecified atom stereocenters. The molecule has 0 radical (unpaired) electrons. The maximum atomic E-state index is 11.6. The molecule has 1 aromatic carbocycles. The van der Waals surface area contributed by atoms with Crippen molar-refractivity contribution in [2.75, 3.05) is 12.8 Å². The number of sulfonamides is 1. The highest BCUT2D eigenvalue weighted by Gasteiger charge is 2.18. The van der Waals surface area contributed by atoms with Gasteiger partial charge in [-0.15, -0.1) is 0 Å². The summed E-state index contributed by atoms with van der Waals surface area (Å²) in [6.45, 7) is 0. The van der Waals surface area contributed by atoms with Crippen molar-refractivity contribution in [2.45, 2.75) is 4.90 Å². The third kappa shape index (κ3) is 2.59. The zero-order chi connectivity index (χ0) is 11.5. The van der Waals surface area contributed by atoms with Crippen LogP contribution in [0.3, 0.4) is 0 Å². The van der Waals surface area contributed by atoms with E-state index in [9.17, 15) is 13.2 Å². The van der Waals surface area contributed by atoms with Crippen molar-refractivity contribution in [1.29, 1.82) is 0 Å². The minimum Gasteiger partial charge on any atom is -0.398 e. The second-order valence-electron chi connectivity index (χ2n) is 2.72. The van der Waals surface area contributed by atoms with Crippen LogP contribution in [0, 0.1) is 0 Å². The molecule has 0 fully saturated rings. The lowest BCUT2D eigenvalue weighted by Crippen LogP contribution is -2.37. The van der Waals surface area contributed by atoms with Crippen molar-refractivity contribution < 1.29 is 13.2 Å². The number of hydrogen-bond donors (Lipinski definition) is 3. The molecule has 0 atom stereocenters. The maximum Gasteiger partial charge on any atom is 0.328 e. The lowest BCUT2D eigenvalue weighted by atomic mass is 10.3. The van der Waals surface area contributed by atoms with Gasteiger partial charge in [0.15, 0.2) is 0 Å². The molecule has 0 aliphatic heterocycles. The van der Waals surface area contributed by atoms with Crippen LogP contribution in [-0.2, 0) is 10.0 Å². The normalized spacial score (nSPS) is 10.7. The lowest BCUT2D eigenvalue weighted by Gasteiger charge is -2.07. The number of carbonyl (C=O) groups is 1. The van der Waals surface area contributed by atoms with E-state index in [-0.39, 0.29) is 10.6 Å². The smallest absolute Gasteiger partial charge is 0.328 e. The zero-order valence-corrected chi connectivity index (χ0v) is 8.84.